The first-order chi connectivity index (χ1) is 12.6. The van der Waals surface area contributed by atoms with Crippen molar-refractivity contribution >= 4 is 13.5 Å². The molecule has 1 aliphatic carbocycles. The number of hydrogen-bond donors (Lipinski definition) is 1. The fraction of sp³-hybridized carbons (Fsp3) is 0.500. The van der Waals surface area contributed by atoms with Gasteiger partial charge in [0.25, 0.3) is 0 Å². The Labute approximate surface area is 163 Å². The third kappa shape index (κ3) is 9.23. The van der Waals surface area contributed by atoms with E-state index in [9.17, 15) is 0 Å². The highest BCUT2D eigenvalue weighted by Crippen LogP contribution is 2.28. The van der Waals surface area contributed by atoms with Crippen LogP contribution in [0.15, 0.2) is 64.8 Å². The topological polar surface area (TPSA) is 12.0 Å². The third-order valence-corrected chi connectivity index (χ3v) is 5.91. The summed E-state index contributed by atoms with van der Waals surface area (Å²) < 4.78 is 0. The zero-order valence-electron chi connectivity index (χ0n) is 17.2. The lowest BCUT2D eigenvalue weighted by molar-refractivity contribution is 0.681. The molecule has 0 fully saturated rings. The molecule has 0 aromatic carbocycles. The van der Waals surface area contributed by atoms with Crippen LogP contribution in [0.3, 0.4) is 0 Å². The number of allylic oxidation sites excluding steroid dienone is 7. The highest BCUT2D eigenvalue weighted by Gasteiger charge is 2.04. The molecule has 0 saturated heterocycles. The molecule has 1 rings (SSSR count). The molecule has 0 saturated carbocycles. The second kappa shape index (κ2) is 13.6. The molecular weight excluding hydrogens is 333 g/mol. The van der Waals surface area contributed by atoms with Crippen molar-refractivity contribution in [3.8, 4) is 0 Å². The predicted octanol–water partition coefficient (Wildman–Crippen LogP) is 7.48. The van der Waals surface area contributed by atoms with Gasteiger partial charge in [0.1, 0.15) is 0 Å². The average Bonchev–Trinajstić information content (AvgIpc) is 2.80. The first kappa shape index (κ1) is 22.5. The fourth-order valence-electron chi connectivity index (χ4n) is 2.76. The van der Waals surface area contributed by atoms with Gasteiger partial charge in [0, 0.05) is 24.5 Å². The van der Waals surface area contributed by atoms with Crippen LogP contribution in [0.5, 0.6) is 0 Å². The van der Waals surface area contributed by atoms with Crippen LogP contribution in [0, 0.1) is 0 Å². The van der Waals surface area contributed by atoms with Gasteiger partial charge in [-0.1, -0.05) is 66.5 Å². The number of nitrogens with one attached hydrogen (secondary N) is 1. The minimum absolute atomic E-state index is 0.853. The maximum absolute atomic E-state index is 3.97. The molecular formula is C24H36NP. The summed E-state index contributed by atoms with van der Waals surface area (Å²) in [5.74, 6) is 0. The van der Waals surface area contributed by atoms with Gasteiger partial charge in [-0.3, -0.25) is 0 Å². The highest BCUT2D eigenvalue weighted by molar-refractivity contribution is 7.45. The largest absolute Gasteiger partial charge is 0.392 e. The van der Waals surface area contributed by atoms with E-state index in [1.54, 1.807) is 5.29 Å². The highest BCUT2D eigenvalue weighted by atomic mass is 31.1. The van der Waals surface area contributed by atoms with E-state index < -0.39 is 0 Å². The standard InChI is InChI=1S/C24H36NP/c1-6-8-9-10-18-23(13-7-2)26-24-19-22(16-11-14-20(24)3)17-12-15-21(4)25-5/h12,14,16-17,19,25H,4,6-10,13,15,18H2,1-3,5H3/b17-12+. The summed E-state index contributed by atoms with van der Waals surface area (Å²) in [6.07, 6.45) is 20.8. The van der Waals surface area contributed by atoms with Crippen LogP contribution in [0.25, 0.3) is 0 Å². The Kier molecular flexibility index (Phi) is 11.8. The lowest BCUT2D eigenvalue weighted by atomic mass is 10.1. The summed E-state index contributed by atoms with van der Waals surface area (Å²) in [5, 5.41) is 6.18. The molecule has 0 atom stereocenters. The van der Waals surface area contributed by atoms with Gasteiger partial charge in [-0.25, -0.2) is 0 Å². The van der Waals surface area contributed by atoms with Crippen molar-refractivity contribution in [2.75, 3.05) is 7.05 Å². The Morgan fingerprint density at radius 2 is 1.96 bits per heavy atom. The lowest BCUT2D eigenvalue weighted by Gasteiger charge is -2.08. The molecule has 0 aromatic rings. The smallest absolute Gasteiger partial charge is 0.00694 e. The van der Waals surface area contributed by atoms with Crippen LogP contribution < -0.4 is 5.32 Å². The monoisotopic (exact) mass is 369 g/mol. The van der Waals surface area contributed by atoms with Crippen LogP contribution >= 0.6 is 8.20 Å². The second-order valence-electron chi connectivity index (χ2n) is 6.87. The molecule has 1 nitrogen and oxygen atoms in total. The van der Waals surface area contributed by atoms with E-state index >= 15 is 0 Å². The molecule has 1 N–H and O–H groups in total. The Morgan fingerprint density at radius 1 is 1.15 bits per heavy atom. The van der Waals surface area contributed by atoms with E-state index in [4.69, 9.17) is 0 Å². The van der Waals surface area contributed by atoms with Crippen molar-refractivity contribution in [1.29, 1.82) is 0 Å². The van der Waals surface area contributed by atoms with Crippen molar-refractivity contribution in [2.24, 2.45) is 0 Å². The zero-order valence-corrected chi connectivity index (χ0v) is 18.1. The molecule has 0 radical (unpaired) electrons. The summed E-state index contributed by atoms with van der Waals surface area (Å²) in [6, 6.07) is 0. The Hall–Kier alpha value is -1.55. The van der Waals surface area contributed by atoms with E-state index in [0.717, 1.165) is 12.1 Å². The normalized spacial score (nSPS) is 14.8. The number of hydrogen-bond acceptors (Lipinski definition) is 1. The van der Waals surface area contributed by atoms with Crippen LogP contribution in [0.4, 0.5) is 0 Å². The SMILES string of the molecule is C=C(C/C=C/C1=CC(P=C(CCC)CCCCCC)=C(C)C=C=C1)NC. The minimum atomic E-state index is 0.853. The molecule has 0 bridgehead atoms. The van der Waals surface area contributed by atoms with Gasteiger partial charge in [-0.05, 0) is 60.9 Å². The van der Waals surface area contributed by atoms with E-state index in [-0.39, 0.29) is 0 Å². The van der Waals surface area contributed by atoms with Gasteiger partial charge in [-0.2, -0.15) is 0 Å². The molecule has 2 heteroatoms. The van der Waals surface area contributed by atoms with Gasteiger partial charge < -0.3 is 5.32 Å². The van der Waals surface area contributed by atoms with E-state index in [2.05, 4.69) is 68.8 Å². The van der Waals surface area contributed by atoms with Gasteiger partial charge >= 0.3 is 0 Å². The predicted molar refractivity (Wildman–Crippen MR) is 121 cm³/mol. The molecule has 26 heavy (non-hydrogen) atoms. The van der Waals surface area contributed by atoms with E-state index in [1.165, 1.54) is 69.6 Å². The molecule has 0 heterocycles. The molecule has 0 aliphatic heterocycles. The number of rotatable bonds is 12. The van der Waals surface area contributed by atoms with Gasteiger partial charge in [0.2, 0.25) is 0 Å². The van der Waals surface area contributed by atoms with Crippen LogP contribution in [-0.2, 0) is 0 Å². The van der Waals surface area contributed by atoms with E-state index in [0.29, 0.717) is 0 Å². The zero-order chi connectivity index (χ0) is 19.2. The Balaban J connectivity index is 2.92. The summed E-state index contributed by atoms with van der Waals surface area (Å²) in [7, 11) is 3.32. The summed E-state index contributed by atoms with van der Waals surface area (Å²) in [5.41, 5.74) is 6.89. The van der Waals surface area contributed by atoms with Crippen LogP contribution in [0.1, 0.15) is 72.1 Å². The molecule has 0 spiro atoms. The summed E-state index contributed by atoms with van der Waals surface area (Å²) in [4.78, 5) is 0. The molecule has 0 aromatic heterocycles. The fourth-order valence-corrected chi connectivity index (χ4v) is 4.16. The minimum Gasteiger partial charge on any atom is -0.392 e. The summed E-state index contributed by atoms with van der Waals surface area (Å²) >= 11 is 0. The Morgan fingerprint density at radius 3 is 2.65 bits per heavy atom. The molecule has 0 unspecified atom stereocenters. The summed E-state index contributed by atoms with van der Waals surface area (Å²) in [6.45, 7) is 10.7. The second-order valence-corrected chi connectivity index (χ2v) is 8.20. The average molecular weight is 370 g/mol. The third-order valence-electron chi connectivity index (χ3n) is 4.42. The Bertz CT molecular complexity index is 637. The maximum atomic E-state index is 3.97. The molecule has 142 valence electrons. The maximum Gasteiger partial charge on any atom is 0.00694 e. The van der Waals surface area contributed by atoms with Gasteiger partial charge in [0.15, 0.2) is 0 Å². The quantitative estimate of drug-likeness (QED) is 0.213. The van der Waals surface area contributed by atoms with Crippen molar-refractivity contribution in [3.05, 3.63) is 64.8 Å². The van der Waals surface area contributed by atoms with Crippen LogP contribution in [0.2, 0.25) is 0 Å². The first-order valence-corrected chi connectivity index (χ1v) is 10.9. The van der Waals surface area contributed by atoms with Gasteiger partial charge in [0.05, 0.1) is 0 Å². The van der Waals surface area contributed by atoms with Crippen molar-refractivity contribution in [3.63, 3.8) is 0 Å². The van der Waals surface area contributed by atoms with Crippen molar-refractivity contribution < 1.29 is 0 Å². The van der Waals surface area contributed by atoms with Gasteiger partial charge in [-0.15, -0.1) is 5.73 Å². The van der Waals surface area contributed by atoms with Crippen LogP contribution in [-0.4, -0.2) is 12.3 Å². The van der Waals surface area contributed by atoms with Crippen molar-refractivity contribution in [1.82, 2.24) is 5.32 Å². The molecule has 1 aliphatic rings. The lowest BCUT2D eigenvalue weighted by Crippen LogP contribution is -2.02. The molecule has 0 amide bonds. The van der Waals surface area contributed by atoms with Crippen molar-refractivity contribution in [2.45, 2.75) is 72.1 Å². The first-order valence-electron chi connectivity index (χ1n) is 10.0. The number of unbranched alkanes of at least 4 members (excludes halogenated alkanes) is 3. The van der Waals surface area contributed by atoms with E-state index in [1.807, 2.05) is 7.05 Å².